The van der Waals surface area contributed by atoms with Crippen LogP contribution < -0.4 is 15.5 Å². The molecule has 0 atom stereocenters. The van der Waals surface area contributed by atoms with Crippen molar-refractivity contribution in [1.82, 2.24) is 25.6 Å². The van der Waals surface area contributed by atoms with Gasteiger partial charge in [-0.2, -0.15) is 11.3 Å². The van der Waals surface area contributed by atoms with E-state index in [2.05, 4.69) is 30.5 Å². The lowest BCUT2D eigenvalue weighted by Gasteiger charge is -2.32. The molecule has 0 radical (unpaired) electrons. The standard InChI is InChI=1S/C24H23FN6O2S2/c25-18-1-2-19(16-6-10-34-14-16)29-20(18)13-26-12-15-4-8-31(9-5-15)23-27-7-3-17(28-23)11-21-22(32)30-24(33)35-21/h1-3,6-7,10-11,14-15,26H,4-5,8-9,12-13H2,(H,30,32,33)/b21-11-. The summed E-state index contributed by atoms with van der Waals surface area (Å²) in [6.07, 6.45) is 5.18. The van der Waals surface area contributed by atoms with E-state index in [0.717, 1.165) is 55.5 Å². The van der Waals surface area contributed by atoms with E-state index >= 15 is 0 Å². The second kappa shape index (κ2) is 10.6. The lowest BCUT2D eigenvalue weighted by atomic mass is 9.97. The van der Waals surface area contributed by atoms with E-state index in [1.54, 1.807) is 35.7 Å². The van der Waals surface area contributed by atoms with Crippen molar-refractivity contribution in [3.05, 3.63) is 63.3 Å². The molecular weight excluding hydrogens is 487 g/mol. The van der Waals surface area contributed by atoms with Gasteiger partial charge in [0.05, 0.1) is 22.0 Å². The van der Waals surface area contributed by atoms with Gasteiger partial charge in [0.2, 0.25) is 5.95 Å². The van der Waals surface area contributed by atoms with E-state index < -0.39 is 5.91 Å². The Morgan fingerprint density at radius 2 is 2.03 bits per heavy atom. The van der Waals surface area contributed by atoms with Crippen LogP contribution in [0.15, 0.2) is 46.1 Å². The second-order valence-corrected chi connectivity index (χ2v) is 10.1. The zero-order valence-corrected chi connectivity index (χ0v) is 20.4. The number of rotatable bonds is 7. The van der Waals surface area contributed by atoms with Gasteiger partial charge < -0.3 is 10.2 Å². The Hall–Kier alpha value is -3.15. The first kappa shape index (κ1) is 23.6. The maximum absolute atomic E-state index is 14.3. The number of anilines is 1. The smallest absolute Gasteiger partial charge is 0.290 e. The third-order valence-electron chi connectivity index (χ3n) is 5.94. The summed E-state index contributed by atoms with van der Waals surface area (Å²) in [6.45, 7) is 2.78. The number of imide groups is 1. The number of hydrogen-bond acceptors (Lipinski definition) is 9. The van der Waals surface area contributed by atoms with Crippen LogP contribution in [-0.4, -0.2) is 45.7 Å². The number of piperidine rings is 1. The van der Waals surface area contributed by atoms with Crippen molar-refractivity contribution in [2.45, 2.75) is 19.4 Å². The van der Waals surface area contributed by atoms with Crippen LogP contribution in [0, 0.1) is 11.7 Å². The average Bonchev–Trinajstić information content (AvgIpc) is 3.51. The molecule has 3 aromatic rings. The molecule has 11 heteroatoms. The van der Waals surface area contributed by atoms with Gasteiger partial charge in [0.15, 0.2) is 0 Å². The summed E-state index contributed by atoms with van der Waals surface area (Å²) in [4.78, 5) is 39.0. The van der Waals surface area contributed by atoms with Gasteiger partial charge in [-0.1, -0.05) is 0 Å². The molecule has 35 heavy (non-hydrogen) atoms. The third-order valence-corrected chi connectivity index (χ3v) is 7.44. The van der Waals surface area contributed by atoms with E-state index in [1.165, 1.54) is 6.07 Å². The maximum Gasteiger partial charge on any atom is 0.290 e. The normalized spacial score (nSPS) is 17.9. The van der Waals surface area contributed by atoms with Crippen molar-refractivity contribution >= 4 is 46.3 Å². The minimum Gasteiger partial charge on any atom is -0.341 e. The van der Waals surface area contributed by atoms with Crippen LogP contribution in [0.5, 0.6) is 0 Å². The van der Waals surface area contributed by atoms with Crippen molar-refractivity contribution in [3.63, 3.8) is 0 Å². The number of thiophene rings is 1. The number of halogens is 1. The minimum atomic E-state index is -0.401. The van der Waals surface area contributed by atoms with Gasteiger partial charge in [-0.3, -0.25) is 14.9 Å². The van der Waals surface area contributed by atoms with Crippen molar-refractivity contribution < 1.29 is 14.0 Å². The van der Waals surface area contributed by atoms with Gasteiger partial charge in [0.1, 0.15) is 5.82 Å². The van der Waals surface area contributed by atoms with Gasteiger partial charge in [-0.25, -0.2) is 19.3 Å². The Bertz CT molecular complexity index is 1260. The first-order valence-corrected chi connectivity index (χ1v) is 13.0. The summed E-state index contributed by atoms with van der Waals surface area (Å²) in [5.41, 5.74) is 2.81. The van der Waals surface area contributed by atoms with Gasteiger partial charge in [-0.15, -0.1) is 0 Å². The molecule has 2 aliphatic heterocycles. The van der Waals surface area contributed by atoms with Crippen LogP contribution in [-0.2, 0) is 11.3 Å². The van der Waals surface area contributed by atoms with Crippen LogP contribution in [0.3, 0.4) is 0 Å². The van der Waals surface area contributed by atoms with Gasteiger partial charge in [0, 0.05) is 36.8 Å². The van der Waals surface area contributed by atoms with E-state index in [0.29, 0.717) is 34.7 Å². The summed E-state index contributed by atoms with van der Waals surface area (Å²) in [5.74, 6) is 0.374. The Kier molecular flexibility index (Phi) is 7.16. The number of carbonyl (C=O) groups is 2. The zero-order valence-electron chi connectivity index (χ0n) is 18.7. The molecule has 0 bridgehead atoms. The van der Waals surface area contributed by atoms with Crippen LogP contribution in [0.4, 0.5) is 15.1 Å². The third kappa shape index (κ3) is 5.75. The molecule has 2 fully saturated rings. The van der Waals surface area contributed by atoms with Crippen molar-refractivity contribution in [2.75, 3.05) is 24.5 Å². The molecule has 5 heterocycles. The molecule has 8 nitrogen and oxygen atoms in total. The van der Waals surface area contributed by atoms with Crippen molar-refractivity contribution in [3.8, 4) is 11.3 Å². The number of pyridine rings is 1. The van der Waals surface area contributed by atoms with Crippen molar-refractivity contribution in [2.24, 2.45) is 5.92 Å². The molecule has 180 valence electrons. The van der Waals surface area contributed by atoms with Crippen LogP contribution in [0.1, 0.15) is 24.2 Å². The highest BCUT2D eigenvalue weighted by atomic mass is 32.2. The largest absolute Gasteiger partial charge is 0.341 e. The van der Waals surface area contributed by atoms with Crippen LogP contribution in [0.2, 0.25) is 0 Å². The number of carbonyl (C=O) groups excluding carboxylic acids is 2. The molecule has 2 amide bonds. The number of hydrogen-bond donors (Lipinski definition) is 2. The summed E-state index contributed by atoms with van der Waals surface area (Å²) in [7, 11) is 0. The summed E-state index contributed by atoms with van der Waals surface area (Å²) in [5, 5.41) is 9.23. The quantitative estimate of drug-likeness (QED) is 0.459. The van der Waals surface area contributed by atoms with Gasteiger partial charge in [-0.05, 0) is 72.8 Å². The fourth-order valence-electron chi connectivity index (χ4n) is 4.06. The second-order valence-electron chi connectivity index (χ2n) is 8.33. The number of nitrogens with one attached hydrogen (secondary N) is 2. The molecule has 0 unspecified atom stereocenters. The first-order chi connectivity index (χ1) is 17.0. The summed E-state index contributed by atoms with van der Waals surface area (Å²) in [6, 6.07) is 6.89. The number of nitrogens with zero attached hydrogens (tertiary/aromatic N) is 4. The lowest BCUT2D eigenvalue weighted by Crippen LogP contribution is -2.38. The number of thioether (sulfide) groups is 1. The first-order valence-electron chi connectivity index (χ1n) is 11.3. The molecule has 0 aliphatic carbocycles. The van der Waals surface area contributed by atoms with E-state index in [-0.39, 0.29) is 11.1 Å². The Balaban J connectivity index is 1.13. The monoisotopic (exact) mass is 510 g/mol. The maximum atomic E-state index is 14.3. The van der Waals surface area contributed by atoms with Gasteiger partial charge >= 0.3 is 0 Å². The predicted octanol–water partition coefficient (Wildman–Crippen LogP) is 4.07. The molecule has 2 saturated heterocycles. The summed E-state index contributed by atoms with van der Waals surface area (Å²) >= 11 is 2.46. The Morgan fingerprint density at radius 1 is 1.17 bits per heavy atom. The molecule has 5 rings (SSSR count). The van der Waals surface area contributed by atoms with Crippen LogP contribution >= 0.6 is 23.1 Å². The highest BCUT2D eigenvalue weighted by Crippen LogP contribution is 2.26. The Labute approximate surface area is 210 Å². The molecule has 0 spiro atoms. The van der Waals surface area contributed by atoms with Crippen LogP contribution in [0.25, 0.3) is 17.3 Å². The molecular formula is C24H23FN6O2S2. The lowest BCUT2D eigenvalue weighted by molar-refractivity contribution is -0.115. The topological polar surface area (TPSA) is 100 Å². The highest BCUT2D eigenvalue weighted by molar-refractivity contribution is 8.18. The molecule has 2 N–H and O–H groups in total. The molecule has 0 saturated carbocycles. The summed E-state index contributed by atoms with van der Waals surface area (Å²) < 4.78 is 14.3. The minimum absolute atomic E-state index is 0.295. The Morgan fingerprint density at radius 3 is 2.77 bits per heavy atom. The predicted molar refractivity (Wildman–Crippen MR) is 135 cm³/mol. The number of aromatic nitrogens is 3. The van der Waals surface area contributed by atoms with E-state index in [9.17, 15) is 14.0 Å². The molecule has 2 aliphatic rings. The van der Waals surface area contributed by atoms with Crippen molar-refractivity contribution in [1.29, 1.82) is 0 Å². The van der Waals surface area contributed by atoms with Gasteiger partial charge in [0.25, 0.3) is 11.1 Å². The average molecular weight is 511 g/mol. The highest BCUT2D eigenvalue weighted by Gasteiger charge is 2.26. The molecule has 3 aromatic heterocycles. The molecule has 0 aromatic carbocycles. The zero-order chi connectivity index (χ0) is 24.2. The van der Waals surface area contributed by atoms with E-state index in [1.807, 2.05) is 16.8 Å². The number of amides is 2. The SMILES string of the molecule is O=C1NC(=O)/C(=C/c2ccnc(N3CCC(CNCc4nc(-c5ccsc5)ccc4F)CC3)n2)S1. The fraction of sp³-hybridized carbons (Fsp3) is 0.292. The fourth-order valence-corrected chi connectivity index (χ4v) is 5.38. The van der Waals surface area contributed by atoms with E-state index in [4.69, 9.17) is 0 Å².